The van der Waals surface area contributed by atoms with Crippen LogP contribution in [0.15, 0.2) is 41.0 Å². The van der Waals surface area contributed by atoms with E-state index < -0.39 is 29.2 Å². The number of nitrogen functional groups attached to an aromatic ring is 1. The number of hydrogen-bond acceptors (Lipinski definition) is 11. The molecular formula is C32H45N8O6S2+. The highest BCUT2D eigenvalue weighted by molar-refractivity contribution is 8.00. The molecule has 0 bridgehead atoms. The van der Waals surface area contributed by atoms with E-state index in [2.05, 4.69) is 32.1 Å². The van der Waals surface area contributed by atoms with E-state index in [1.807, 2.05) is 0 Å². The number of oxime groups is 1. The van der Waals surface area contributed by atoms with Gasteiger partial charge in [-0.05, 0) is 13.3 Å². The van der Waals surface area contributed by atoms with Gasteiger partial charge < -0.3 is 26.3 Å². The van der Waals surface area contributed by atoms with Crippen molar-refractivity contribution in [2.24, 2.45) is 5.16 Å². The number of β-lactam (4-membered cyclic amide) rings is 1. The summed E-state index contributed by atoms with van der Waals surface area (Å²) in [5.74, 6) is -2.40. The van der Waals surface area contributed by atoms with Crippen molar-refractivity contribution in [3.63, 3.8) is 0 Å². The summed E-state index contributed by atoms with van der Waals surface area (Å²) in [7, 11) is 0. The molecule has 0 spiro atoms. The Kier molecular flexibility index (Phi) is 14.2. The number of fused-ring (bicyclic) bond motifs is 1. The minimum atomic E-state index is -1.24. The number of carboxylic acid groups (broad SMARTS) is 1. The maximum Gasteiger partial charge on any atom is 0.352 e. The van der Waals surface area contributed by atoms with Crippen molar-refractivity contribution in [1.29, 1.82) is 0 Å². The summed E-state index contributed by atoms with van der Waals surface area (Å²) < 4.78 is 5.77. The molecule has 0 saturated carbocycles. The lowest BCUT2D eigenvalue weighted by molar-refractivity contribution is -0.689. The number of hydrogen-bond donors (Lipinski definition) is 4. The first-order valence-electron chi connectivity index (χ1n) is 16.5. The number of nitrogens with one attached hydrogen (secondary N) is 2. The standard InChI is InChI=1S/C32H44N8O6S2/c1-3-5-6-7-8-9-10-11-12-13-16-34-27(41)21-14-17-39(18-15-21)19-22-20-47-30-24(29(43)40(30)25(22)31(44)45)35-28(42)23(37-46-4-2)26-36-32(33)48-38-26/h14-15,17-18,24,30H,3-13,16,19-20H2,1-2H3,(H4-,33,34,35,36,38,41,42,44,45)/p+1/t24?,30-/m1/s1. The molecule has 2 aliphatic rings. The Morgan fingerprint density at radius 1 is 1.08 bits per heavy atom. The molecule has 260 valence electrons. The maximum absolute atomic E-state index is 13.2. The van der Waals surface area contributed by atoms with E-state index in [4.69, 9.17) is 10.6 Å². The molecule has 14 nitrogen and oxygen atoms in total. The average molecular weight is 702 g/mol. The van der Waals surface area contributed by atoms with Crippen molar-refractivity contribution in [2.75, 3.05) is 24.6 Å². The maximum atomic E-state index is 13.2. The number of carboxylic acids is 1. The summed E-state index contributed by atoms with van der Waals surface area (Å²) in [4.78, 5) is 61.4. The molecule has 3 amide bonds. The first-order valence-corrected chi connectivity index (χ1v) is 18.3. The molecule has 4 heterocycles. The van der Waals surface area contributed by atoms with Crippen LogP contribution in [0.1, 0.15) is 94.2 Å². The molecule has 0 aromatic carbocycles. The number of carbonyl (C=O) groups excluding carboxylic acids is 3. The highest BCUT2D eigenvalue weighted by atomic mass is 32.2. The van der Waals surface area contributed by atoms with E-state index in [0.29, 0.717) is 23.4 Å². The van der Waals surface area contributed by atoms with Crippen LogP contribution in [0.3, 0.4) is 0 Å². The number of pyridine rings is 1. The van der Waals surface area contributed by atoms with Crippen molar-refractivity contribution in [3.05, 3.63) is 47.2 Å². The zero-order valence-corrected chi connectivity index (χ0v) is 29.1. The molecule has 1 unspecified atom stereocenters. The molecule has 0 radical (unpaired) electrons. The number of thioether (sulfide) groups is 1. The number of anilines is 1. The van der Waals surface area contributed by atoms with Crippen LogP contribution in [-0.4, -0.2) is 79.1 Å². The van der Waals surface area contributed by atoms with E-state index in [0.717, 1.165) is 24.4 Å². The Labute approximate surface area is 288 Å². The van der Waals surface area contributed by atoms with Gasteiger partial charge in [0.2, 0.25) is 11.5 Å². The number of unbranched alkanes of at least 4 members (excludes halogenated alkanes) is 9. The molecule has 48 heavy (non-hydrogen) atoms. The summed E-state index contributed by atoms with van der Waals surface area (Å²) in [6.07, 6.45) is 15.8. The number of aliphatic carboxylic acids is 1. The fourth-order valence-electron chi connectivity index (χ4n) is 5.51. The monoisotopic (exact) mass is 701 g/mol. The smallest absolute Gasteiger partial charge is 0.352 e. The van der Waals surface area contributed by atoms with Crippen LogP contribution in [0.2, 0.25) is 0 Å². The Balaban J connectivity index is 1.28. The minimum Gasteiger partial charge on any atom is -0.477 e. The zero-order chi connectivity index (χ0) is 34.5. The SMILES string of the molecule is CCCCCCCCCCCCNC(=O)c1cc[n+](CC2=C(C(=O)O)N3C(=O)C(NC(=O)C(=NOCC)c4nsc(N)n4)[C@H]3SC2)cc1. The molecule has 0 aliphatic carbocycles. The van der Waals surface area contributed by atoms with E-state index in [9.17, 15) is 24.3 Å². The summed E-state index contributed by atoms with van der Waals surface area (Å²) in [6.45, 7) is 4.95. The van der Waals surface area contributed by atoms with Gasteiger partial charge in [0.15, 0.2) is 24.1 Å². The average Bonchev–Trinajstić information content (AvgIpc) is 3.51. The number of carbonyl (C=O) groups is 4. The third-order valence-corrected chi connectivity index (χ3v) is 9.91. The number of aromatic nitrogens is 3. The first kappa shape index (κ1) is 36.8. The summed E-state index contributed by atoms with van der Waals surface area (Å²) >= 11 is 2.23. The second-order valence-electron chi connectivity index (χ2n) is 11.6. The second-order valence-corrected chi connectivity index (χ2v) is 13.5. The fraction of sp³-hybridized carbons (Fsp3) is 0.562. The Hall–Kier alpha value is -4.05. The lowest BCUT2D eigenvalue weighted by atomic mass is 10.0. The Morgan fingerprint density at radius 2 is 1.75 bits per heavy atom. The van der Waals surface area contributed by atoms with Crippen molar-refractivity contribution < 1.29 is 33.7 Å². The lowest BCUT2D eigenvalue weighted by Crippen LogP contribution is -2.71. The van der Waals surface area contributed by atoms with Crippen LogP contribution >= 0.6 is 23.3 Å². The highest BCUT2D eigenvalue weighted by Crippen LogP contribution is 2.40. The van der Waals surface area contributed by atoms with Gasteiger partial charge in [0, 0.05) is 41.5 Å². The number of nitrogens with zero attached hydrogens (tertiary/aromatic N) is 5. The first-order chi connectivity index (χ1) is 23.2. The van der Waals surface area contributed by atoms with E-state index in [-0.39, 0.29) is 41.4 Å². The van der Waals surface area contributed by atoms with Gasteiger partial charge in [-0.1, -0.05) is 69.9 Å². The van der Waals surface area contributed by atoms with E-state index in [1.165, 1.54) is 68.0 Å². The van der Waals surface area contributed by atoms with Crippen LogP contribution in [0, 0.1) is 0 Å². The second kappa shape index (κ2) is 18.5. The van der Waals surface area contributed by atoms with Crippen molar-refractivity contribution in [2.45, 2.75) is 96.0 Å². The Bertz CT molecular complexity index is 1500. The highest BCUT2D eigenvalue weighted by Gasteiger charge is 2.55. The zero-order valence-electron chi connectivity index (χ0n) is 27.5. The van der Waals surface area contributed by atoms with Crippen LogP contribution in [0.25, 0.3) is 0 Å². The number of nitrogens with two attached hydrogens (primary N) is 1. The fourth-order valence-corrected chi connectivity index (χ4v) is 7.28. The van der Waals surface area contributed by atoms with E-state index >= 15 is 0 Å². The number of amides is 3. The number of rotatable bonds is 20. The van der Waals surface area contributed by atoms with Crippen LogP contribution in [-0.2, 0) is 25.8 Å². The van der Waals surface area contributed by atoms with Gasteiger partial charge in [-0.25, -0.2) is 9.36 Å². The summed E-state index contributed by atoms with van der Waals surface area (Å²) in [5, 5.41) is 19.0. The van der Waals surface area contributed by atoms with Crippen LogP contribution in [0.5, 0.6) is 0 Å². The quantitative estimate of drug-likeness (QED) is 0.0524. The molecule has 1 fully saturated rings. The van der Waals surface area contributed by atoms with Gasteiger partial charge in [0.05, 0.1) is 5.56 Å². The summed E-state index contributed by atoms with van der Waals surface area (Å²) in [6, 6.07) is 2.41. The molecule has 16 heteroatoms. The third-order valence-electron chi connectivity index (χ3n) is 8.03. The van der Waals surface area contributed by atoms with Crippen molar-refractivity contribution >= 4 is 57.8 Å². The predicted molar refractivity (Wildman–Crippen MR) is 183 cm³/mol. The molecule has 4 rings (SSSR count). The molecule has 2 atom stereocenters. The minimum absolute atomic E-state index is 0.0357. The normalized spacial score (nSPS) is 17.5. The van der Waals surface area contributed by atoms with Gasteiger partial charge in [-0.15, -0.1) is 11.8 Å². The molecule has 5 N–H and O–H groups in total. The molecule has 2 aromatic heterocycles. The summed E-state index contributed by atoms with van der Waals surface area (Å²) in [5.41, 5.74) is 6.35. The lowest BCUT2D eigenvalue weighted by Gasteiger charge is -2.49. The van der Waals surface area contributed by atoms with Gasteiger partial charge in [-0.2, -0.15) is 9.36 Å². The van der Waals surface area contributed by atoms with Crippen LogP contribution < -0.4 is 20.9 Å². The van der Waals surface area contributed by atoms with Gasteiger partial charge in [0.1, 0.15) is 23.7 Å². The molecule has 1 saturated heterocycles. The topological polar surface area (TPSA) is 193 Å². The molecular weight excluding hydrogens is 657 g/mol. The third kappa shape index (κ3) is 9.75. The van der Waals surface area contributed by atoms with Crippen molar-refractivity contribution in [1.82, 2.24) is 24.9 Å². The Morgan fingerprint density at radius 3 is 2.35 bits per heavy atom. The van der Waals surface area contributed by atoms with Crippen molar-refractivity contribution in [3.8, 4) is 0 Å². The van der Waals surface area contributed by atoms with Gasteiger partial charge in [0.25, 0.3) is 17.7 Å². The molecule has 2 aromatic rings. The largest absolute Gasteiger partial charge is 0.477 e. The van der Waals surface area contributed by atoms with Gasteiger partial charge >= 0.3 is 5.97 Å². The predicted octanol–water partition coefficient (Wildman–Crippen LogP) is 3.24. The van der Waals surface area contributed by atoms with E-state index in [1.54, 1.807) is 36.0 Å². The van der Waals surface area contributed by atoms with Crippen LogP contribution in [0.4, 0.5) is 5.13 Å². The van der Waals surface area contributed by atoms with Gasteiger partial charge in [-0.3, -0.25) is 19.3 Å². The molecule has 2 aliphatic heterocycles.